The third-order valence-corrected chi connectivity index (χ3v) is 4.82. The molecule has 3 rings (SSSR count). The molecule has 0 saturated carbocycles. The van der Waals surface area contributed by atoms with Gasteiger partial charge in [-0.15, -0.1) is 0 Å². The van der Waals surface area contributed by atoms with Gasteiger partial charge in [0.05, 0.1) is 11.3 Å². The lowest BCUT2D eigenvalue weighted by Gasteiger charge is -2.33. The predicted octanol–water partition coefficient (Wildman–Crippen LogP) is 0.151. The number of nitrogens with zero attached hydrogens (tertiary/aromatic N) is 3. The van der Waals surface area contributed by atoms with E-state index in [-0.39, 0.29) is 23.4 Å². The van der Waals surface area contributed by atoms with Gasteiger partial charge in [-0.2, -0.15) is 10.4 Å². The van der Waals surface area contributed by atoms with Gasteiger partial charge in [-0.1, -0.05) is 0 Å². The number of hydrogen-bond donors (Lipinski definition) is 1. The van der Waals surface area contributed by atoms with Crippen molar-refractivity contribution in [2.75, 3.05) is 6.61 Å². The summed E-state index contributed by atoms with van der Waals surface area (Å²) < 4.78 is 23.2. The van der Waals surface area contributed by atoms with E-state index in [1.54, 1.807) is 0 Å². The van der Waals surface area contributed by atoms with E-state index >= 15 is 0 Å². The van der Waals surface area contributed by atoms with Gasteiger partial charge in [-0.05, 0) is 13.0 Å². The summed E-state index contributed by atoms with van der Waals surface area (Å²) in [6.07, 6.45) is -2.14. The standard InChI is InChI=1S/C19H20N4O8/c1-9(24)28-7-14-17(29-10(2)25)19(4,31-11(3)26)16(30-14)13-5-12(6-20)15-18(27)21-8-22-23(13)15/h5,8,14,16-17H,7H2,1-4H3,(H,21,22,27)/t14-,16+,17-,19+/m1/s1. The topological polar surface area (TPSA) is 162 Å². The van der Waals surface area contributed by atoms with Crippen LogP contribution in [0.5, 0.6) is 0 Å². The molecule has 1 fully saturated rings. The van der Waals surface area contributed by atoms with E-state index in [1.807, 2.05) is 6.07 Å². The SMILES string of the molecule is CC(=O)OC[C@H]1O[C@@H](c2cc(C#N)c3c(=O)[nH]cnn23)[C@](C)(OC(C)=O)[C@@H]1OC(C)=O. The predicted molar refractivity (Wildman–Crippen MR) is 100 cm³/mol. The number of nitrogens with one attached hydrogen (secondary N) is 1. The van der Waals surface area contributed by atoms with Crippen molar-refractivity contribution in [3.8, 4) is 6.07 Å². The molecule has 4 atom stereocenters. The molecule has 2 aromatic heterocycles. The van der Waals surface area contributed by atoms with Crippen molar-refractivity contribution in [3.63, 3.8) is 0 Å². The number of aromatic nitrogens is 3. The van der Waals surface area contributed by atoms with Crippen LogP contribution in [0.1, 0.15) is 45.1 Å². The van der Waals surface area contributed by atoms with E-state index in [4.69, 9.17) is 18.9 Å². The Morgan fingerprint density at radius 2 is 2.00 bits per heavy atom. The van der Waals surface area contributed by atoms with Crippen molar-refractivity contribution in [3.05, 3.63) is 34.0 Å². The normalized spacial score (nSPS) is 25.1. The lowest BCUT2D eigenvalue weighted by Crippen LogP contribution is -2.49. The van der Waals surface area contributed by atoms with Crippen LogP contribution in [0.2, 0.25) is 0 Å². The summed E-state index contributed by atoms with van der Waals surface area (Å²) in [4.78, 5) is 49.7. The Labute approximate surface area is 175 Å². The number of carbonyl (C=O) groups is 3. The zero-order valence-electron chi connectivity index (χ0n) is 17.2. The van der Waals surface area contributed by atoms with Gasteiger partial charge in [0.2, 0.25) is 0 Å². The summed E-state index contributed by atoms with van der Waals surface area (Å²) in [6.45, 7) is 4.75. The number of rotatable bonds is 5. The van der Waals surface area contributed by atoms with Gasteiger partial charge in [0.1, 0.15) is 36.7 Å². The molecule has 0 aromatic carbocycles. The Hall–Kier alpha value is -3.72. The number of fused-ring (bicyclic) bond motifs is 1. The Kier molecular flexibility index (Phi) is 5.81. The molecule has 12 heteroatoms. The molecule has 1 N–H and O–H groups in total. The maximum absolute atomic E-state index is 12.3. The van der Waals surface area contributed by atoms with Gasteiger partial charge in [-0.25, -0.2) is 4.52 Å². The molecule has 1 aliphatic rings. The molecule has 12 nitrogen and oxygen atoms in total. The van der Waals surface area contributed by atoms with E-state index in [2.05, 4.69) is 10.1 Å². The van der Waals surface area contributed by atoms with Crippen molar-refractivity contribution < 1.29 is 33.3 Å². The average Bonchev–Trinajstić information content (AvgIpc) is 3.16. The van der Waals surface area contributed by atoms with Crippen LogP contribution in [-0.4, -0.2) is 56.9 Å². The fraction of sp³-hybridized carbons (Fsp3) is 0.474. The first-order valence-electron chi connectivity index (χ1n) is 9.23. The number of H-pyrrole nitrogens is 1. The molecular formula is C19H20N4O8. The average molecular weight is 432 g/mol. The quantitative estimate of drug-likeness (QED) is 0.508. The van der Waals surface area contributed by atoms with Crippen LogP contribution in [0.3, 0.4) is 0 Å². The lowest BCUT2D eigenvalue weighted by molar-refractivity contribution is -0.181. The van der Waals surface area contributed by atoms with Gasteiger partial charge in [0.25, 0.3) is 5.56 Å². The third kappa shape index (κ3) is 3.99. The van der Waals surface area contributed by atoms with Crippen LogP contribution < -0.4 is 5.56 Å². The van der Waals surface area contributed by atoms with E-state index in [0.29, 0.717) is 0 Å². The maximum atomic E-state index is 12.3. The smallest absolute Gasteiger partial charge is 0.303 e. The number of hydrogen-bond acceptors (Lipinski definition) is 10. The minimum atomic E-state index is -1.59. The molecule has 3 heterocycles. The number of nitriles is 1. The van der Waals surface area contributed by atoms with Crippen LogP contribution in [0.15, 0.2) is 17.2 Å². The highest BCUT2D eigenvalue weighted by Crippen LogP contribution is 2.46. The summed E-state index contributed by atoms with van der Waals surface area (Å²) in [5.41, 5.74) is -1.94. The van der Waals surface area contributed by atoms with Crippen LogP contribution in [0.25, 0.3) is 5.52 Å². The first-order valence-corrected chi connectivity index (χ1v) is 9.23. The second-order valence-electron chi connectivity index (χ2n) is 7.14. The summed E-state index contributed by atoms with van der Waals surface area (Å²) >= 11 is 0. The number of aromatic amines is 1. The van der Waals surface area contributed by atoms with E-state index in [0.717, 1.165) is 6.33 Å². The van der Waals surface area contributed by atoms with Gasteiger partial charge in [0, 0.05) is 20.8 Å². The largest absolute Gasteiger partial charge is 0.463 e. The number of esters is 3. The molecule has 31 heavy (non-hydrogen) atoms. The minimum absolute atomic E-state index is 0.0191. The second kappa shape index (κ2) is 8.19. The highest BCUT2D eigenvalue weighted by atomic mass is 16.7. The number of ether oxygens (including phenoxy) is 4. The van der Waals surface area contributed by atoms with Crippen LogP contribution in [-0.2, 0) is 33.3 Å². The zero-order valence-corrected chi connectivity index (χ0v) is 17.2. The van der Waals surface area contributed by atoms with Crippen LogP contribution >= 0.6 is 0 Å². The molecular weight excluding hydrogens is 412 g/mol. The third-order valence-electron chi connectivity index (χ3n) is 4.82. The fourth-order valence-corrected chi connectivity index (χ4v) is 3.73. The highest BCUT2D eigenvalue weighted by Gasteiger charge is 2.60. The molecule has 0 unspecified atom stereocenters. The molecule has 0 radical (unpaired) electrons. The summed E-state index contributed by atoms with van der Waals surface area (Å²) in [5, 5.41) is 13.5. The van der Waals surface area contributed by atoms with Crippen molar-refractivity contribution >= 4 is 23.4 Å². The minimum Gasteiger partial charge on any atom is -0.463 e. The van der Waals surface area contributed by atoms with E-state index < -0.39 is 47.4 Å². The first-order chi connectivity index (χ1) is 14.6. The van der Waals surface area contributed by atoms with E-state index in [9.17, 15) is 24.4 Å². The monoisotopic (exact) mass is 432 g/mol. The molecule has 1 saturated heterocycles. The molecule has 0 amide bonds. The van der Waals surface area contributed by atoms with Gasteiger partial charge >= 0.3 is 17.9 Å². The zero-order chi connectivity index (χ0) is 22.9. The Bertz CT molecular complexity index is 1150. The molecule has 1 aliphatic heterocycles. The Morgan fingerprint density at radius 3 is 2.58 bits per heavy atom. The second-order valence-corrected chi connectivity index (χ2v) is 7.14. The Balaban J connectivity index is 2.19. The molecule has 0 aliphatic carbocycles. The van der Waals surface area contributed by atoms with Gasteiger partial charge in [0.15, 0.2) is 11.7 Å². The molecule has 164 valence electrons. The first kappa shape index (κ1) is 22.0. The van der Waals surface area contributed by atoms with Crippen LogP contribution in [0, 0.1) is 11.3 Å². The van der Waals surface area contributed by atoms with Crippen molar-refractivity contribution in [2.24, 2.45) is 0 Å². The fourth-order valence-electron chi connectivity index (χ4n) is 3.73. The summed E-state index contributed by atoms with van der Waals surface area (Å²) in [7, 11) is 0. The van der Waals surface area contributed by atoms with Crippen molar-refractivity contribution in [1.82, 2.24) is 14.6 Å². The summed E-state index contributed by atoms with van der Waals surface area (Å²) in [5.74, 6) is -1.95. The van der Waals surface area contributed by atoms with Gasteiger partial charge in [-0.3, -0.25) is 19.2 Å². The van der Waals surface area contributed by atoms with Gasteiger partial charge < -0.3 is 23.9 Å². The van der Waals surface area contributed by atoms with Crippen molar-refractivity contribution in [2.45, 2.75) is 51.6 Å². The molecule has 2 aromatic rings. The van der Waals surface area contributed by atoms with E-state index in [1.165, 1.54) is 38.3 Å². The molecule has 0 spiro atoms. The molecule has 0 bridgehead atoms. The number of carbonyl (C=O) groups excluding carboxylic acids is 3. The summed E-state index contributed by atoms with van der Waals surface area (Å²) in [6, 6.07) is 3.30. The lowest BCUT2D eigenvalue weighted by atomic mass is 9.90. The van der Waals surface area contributed by atoms with Crippen LogP contribution in [0.4, 0.5) is 0 Å². The Morgan fingerprint density at radius 1 is 1.29 bits per heavy atom. The maximum Gasteiger partial charge on any atom is 0.303 e. The highest BCUT2D eigenvalue weighted by molar-refractivity contribution is 5.69. The van der Waals surface area contributed by atoms with Crippen molar-refractivity contribution in [1.29, 1.82) is 5.26 Å².